The number of aliphatic imine (C=N–C) groups is 1. The van der Waals surface area contributed by atoms with E-state index in [2.05, 4.69) is 43.0 Å². The van der Waals surface area contributed by atoms with Crippen molar-refractivity contribution in [3.63, 3.8) is 0 Å². The van der Waals surface area contributed by atoms with Crippen molar-refractivity contribution in [2.24, 2.45) is 15.2 Å². The van der Waals surface area contributed by atoms with Crippen LogP contribution in [0.1, 0.15) is 53.2 Å². The Hall–Kier alpha value is -5.84. The molecule has 5 rings (SSSR count). The summed E-state index contributed by atoms with van der Waals surface area (Å²) in [5.41, 5.74) is 27.0. The van der Waals surface area contributed by atoms with Crippen LogP contribution in [0.25, 0.3) is 20.9 Å². The largest absolute Gasteiger partial charge is 0.494 e. The van der Waals surface area contributed by atoms with E-state index in [1.54, 1.807) is 48.5 Å². The molecular formula is C37H39N9O4. The van der Waals surface area contributed by atoms with Crippen molar-refractivity contribution in [1.29, 1.82) is 0 Å². The molecule has 0 saturated heterocycles. The molecule has 1 heterocycles. The number of aliphatic hydroxyl groups excluding tert-OH is 1. The first-order valence-corrected chi connectivity index (χ1v) is 16.5. The van der Waals surface area contributed by atoms with Crippen LogP contribution in [0.15, 0.2) is 118 Å². The zero-order valence-corrected chi connectivity index (χ0v) is 27.6. The Balaban J connectivity index is 1.51. The van der Waals surface area contributed by atoms with Crippen LogP contribution >= 0.6 is 0 Å². The molecule has 0 fully saturated rings. The fourth-order valence-corrected chi connectivity index (χ4v) is 5.83. The molecule has 0 bridgehead atoms. The Bertz CT molecular complexity index is 1860. The average molecular weight is 674 g/mol. The number of nitrogens with one attached hydrogen (secondary N) is 2. The highest BCUT2D eigenvalue weighted by Gasteiger charge is 2.54. The normalized spacial score (nSPS) is 16.3. The quantitative estimate of drug-likeness (QED) is 0.0327. The van der Waals surface area contributed by atoms with Crippen molar-refractivity contribution in [3.8, 4) is 5.75 Å². The number of nitrogens with zero attached hydrogens (tertiary/aromatic N) is 7. The van der Waals surface area contributed by atoms with Gasteiger partial charge in [-0.25, -0.2) is 10.4 Å². The third-order valence-corrected chi connectivity index (χ3v) is 8.35. The highest BCUT2D eigenvalue weighted by atomic mass is 16.5. The first kappa shape index (κ1) is 35.5. The van der Waals surface area contributed by atoms with Gasteiger partial charge in [0.15, 0.2) is 11.6 Å². The lowest BCUT2D eigenvalue weighted by Crippen LogP contribution is -2.54. The Morgan fingerprint density at radius 1 is 0.900 bits per heavy atom. The van der Waals surface area contributed by atoms with E-state index >= 15 is 0 Å². The lowest BCUT2D eigenvalue weighted by atomic mass is 9.80. The van der Waals surface area contributed by atoms with Crippen molar-refractivity contribution >= 4 is 17.5 Å². The van der Waals surface area contributed by atoms with Gasteiger partial charge < -0.3 is 14.6 Å². The van der Waals surface area contributed by atoms with Crippen molar-refractivity contribution in [2.45, 2.75) is 50.3 Å². The molecule has 2 atom stereocenters. The number of hydrazine groups is 1. The van der Waals surface area contributed by atoms with Crippen LogP contribution in [0, 0.1) is 0 Å². The van der Waals surface area contributed by atoms with Crippen molar-refractivity contribution in [3.05, 3.63) is 152 Å². The van der Waals surface area contributed by atoms with E-state index in [1.165, 1.54) is 5.56 Å². The molecule has 4 aromatic carbocycles. The second kappa shape index (κ2) is 18.1. The molecule has 0 spiro atoms. The van der Waals surface area contributed by atoms with Crippen LogP contribution in [0.3, 0.4) is 0 Å². The Labute approximate surface area is 290 Å². The van der Waals surface area contributed by atoms with Crippen LogP contribution in [-0.4, -0.2) is 42.2 Å². The molecule has 3 N–H and O–H groups in total. The summed E-state index contributed by atoms with van der Waals surface area (Å²) in [7, 11) is 0. The summed E-state index contributed by atoms with van der Waals surface area (Å²) in [6, 6.07) is 31.7. The smallest absolute Gasteiger partial charge is 0.266 e. The van der Waals surface area contributed by atoms with Crippen molar-refractivity contribution < 1.29 is 19.4 Å². The van der Waals surface area contributed by atoms with Gasteiger partial charge in [0.25, 0.3) is 5.91 Å². The maximum atomic E-state index is 14.6. The Kier molecular flexibility index (Phi) is 12.8. The van der Waals surface area contributed by atoms with E-state index in [9.17, 15) is 10.3 Å². The topological polar surface area (TPSA) is 190 Å². The summed E-state index contributed by atoms with van der Waals surface area (Å²) in [5, 5.41) is 16.8. The Morgan fingerprint density at radius 3 is 2.40 bits per heavy atom. The van der Waals surface area contributed by atoms with Crippen molar-refractivity contribution in [1.82, 2.24) is 10.9 Å². The summed E-state index contributed by atoms with van der Waals surface area (Å²) < 4.78 is 12.3. The number of unbranched alkanes of at least 4 members (excludes halogenated alkanes) is 1. The third-order valence-electron chi connectivity index (χ3n) is 8.35. The maximum absolute atomic E-state index is 14.6. The summed E-state index contributed by atoms with van der Waals surface area (Å²) in [4.78, 5) is 25.6. The van der Waals surface area contributed by atoms with Gasteiger partial charge in [0.05, 0.1) is 13.2 Å². The summed E-state index contributed by atoms with van der Waals surface area (Å²) in [6.07, 6.45) is 2.24. The number of ether oxygens (including phenoxy) is 2. The molecule has 50 heavy (non-hydrogen) atoms. The summed E-state index contributed by atoms with van der Waals surface area (Å²) in [5.74, 6) is 0.385. The van der Waals surface area contributed by atoms with E-state index in [0.29, 0.717) is 42.1 Å². The number of hydrogen-bond donors (Lipinski definition) is 3. The second-order valence-electron chi connectivity index (χ2n) is 11.7. The molecule has 0 aromatic heterocycles. The van der Waals surface area contributed by atoms with E-state index in [0.717, 1.165) is 30.4 Å². The molecule has 4 aromatic rings. The molecule has 256 valence electrons. The van der Waals surface area contributed by atoms with Gasteiger partial charge in [-0.05, 0) is 71.3 Å². The van der Waals surface area contributed by atoms with Crippen LogP contribution in [0.2, 0.25) is 0 Å². The first-order valence-electron chi connectivity index (χ1n) is 16.5. The number of benzene rings is 4. The fourth-order valence-electron chi connectivity index (χ4n) is 5.83. The molecule has 0 radical (unpaired) electrons. The number of azide groups is 2. The van der Waals surface area contributed by atoms with Gasteiger partial charge >= 0.3 is 0 Å². The standard InChI is InChI=1S/C37H39N9O4/c38-45-41-26-30-15-5-4-14-29(30)25-37(36(48)44-40-22-9-8-13-27-11-2-1-3-12-27)34(32-16-6-7-17-33(32)43-46-39)50-35(42-37)28-18-20-31(21-19-28)49-24-10-23-47/h1-7,11-12,14-21,34,40,47H,8-10,13,22-26H2,(H,44,48)/t34-,37-/m0/s1. The molecule has 1 aliphatic rings. The van der Waals surface area contributed by atoms with Gasteiger partial charge in [0.2, 0.25) is 5.90 Å². The first-order chi connectivity index (χ1) is 24.6. The predicted molar refractivity (Wildman–Crippen MR) is 191 cm³/mol. The number of aliphatic hydroxyl groups is 1. The monoisotopic (exact) mass is 673 g/mol. The minimum Gasteiger partial charge on any atom is -0.494 e. The summed E-state index contributed by atoms with van der Waals surface area (Å²) >= 11 is 0. The van der Waals surface area contributed by atoms with Crippen LogP contribution in [0.4, 0.5) is 5.69 Å². The lowest BCUT2D eigenvalue weighted by Gasteiger charge is -2.32. The number of rotatable bonds is 18. The number of aryl methyl sites for hydroxylation is 1. The molecule has 13 nitrogen and oxygen atoms in total. The Morgan fingerprint density at radius 2 is 1.64 bits per heavy atom. The van der Waals surface area contributed by atoms with E-state index in [-0.39, 0.29) is 25.5 Å². The maximum Gasteiger partial charge on any atom is 0.266 e. The number of hydrogen-bond acceptors (Lipinski definition) is 8. The van der Waals surface area contributed by atoms with Gasteiger partial charge in [-0.1, -0.05) is 89.1 Å². The van der Waals surface area contributed by atoms with E-state index < -0.39 is 17.6 Å². The van der Waals surface area contributed by atoms with Crippen LogP contribution in [-0.2, 0) is 28.9 Å². The molecule has 0 saturated carbocycles. The van der Waals surface area contributed by atoms with E-state index in [4.69, 9.17) is 25.1 Å². The minimum absolute atomic E-state index is 0.0279. The number of carbonyl (C=O) groups excluding carboxylic acids is 1. The summed E-state index contributed by atoms with van der Waals surface area (Å²) in [6.45, 7) is 1.000. The number of amides is 1. The average Bonchev–Trinajstić information content (AvgIpc) is 3.54. The zero-order valence-electron chi connectivity index (χ0n) is 27.6. The van der Waals surface area contributed by atoms with Gasteiger partial charge in [-0.2, -0.15) is 0 Å². The van der Waals surface area contributed by atoms with Gasteiger partial charge in [0.1, 0.15) is 5.75 Å². The predicted octanol–water partition coefficient (Wildman–Crippen LogP) is 7.34. The highest BCUT2D eigenvalue weighted by Crippen LogP contribution is 2.45. The fraction of sp³-hybridized carbons (Fsp3) is 0.297. The molecular weight excluding hydrogens is 634 g/mol. The van der Waals surface area contributed by atoms with Gasteiger partial charge in [0, 0.05) is 52.6 Å². The van der Waals surface area contributed by atoms with Crippen molar-refractivity contribution in [2.75, 3.05) is 19.8 Å². The third kappa shape index (κ3) is 8.98. The molecule has 1 aliphatic heterocycles. The van der Waals surface area contributed by atoms with Gasteiger partial charge in [-0.3, -0.25) is 10.2 Å². The minimum atomic E-state index is -1.59. The molecule has 13 heteroatoms. The SMILES string of the molecule is [N-]=[N+]=NCc1ccccc1C[C@]1(C(=O)NNCCCCc2ccccc2)N=C(c2ccc(OCCCO)cc2)O[C@H]1c1ccccc1N=[N+]=[N-]. The lowest BCUT2D eigenvalue weighted by molar-refractivity contribution is -0.130. The zero-order chi connectivity index (χ0) is 35.0. The van der Waals surface area contributed by atoms with E-state index in [1.807, 2.05) is 42.5 Å². The number of carbonyl (C=O) groups is 1. The van der Waals surface area contributed by atoms with Gasteiger partial charge in [-0.15, -0.1) is 0 Å². The molecule has 1 amide bonds. The van der Waals surface area contributed by atoms with Crippen LogP contribution < -0.4 is 15.6 Å². The molecule has 0 aliphatic carbocycles. The second-order valence-corrected chi connectivity index (χ2v) is 11.7. The van der Waals surface area contributed by atoms with Crippen LogP contribution in [0.5, 0.6) is 5.75 Å². The highest BCUT2D eigenvalue weighted by molar-refractivity contribution is 6.01. The molecule has 0 unspecified atom stereocenters.